The van der Waals surface area contributed by atoms with Gasteiger partial charge < -0.3 is 5.32 Å². The zero-order valence-corrected chi connectivity index (χ0v) is 15.9. The molecule has 0 bridgehead atoms. The molecule has 2 atom stereocenters. The SMILES string of the molecule is C=CCn1c(SCC(=O)N[C@@H]2CCCC[C@@H]2C)nnc1-c1ccncc1. The second-order valence-electron chi connectivity index (χ2n) is 6.67. The van der Waals surface area contributed by atoms with E-state index in [9.17, 15) is 4.79 Å². The number of carbonyl (C=O) groups is 1. The van der Waals surface area contributed by atoms with Crippen LogP contribution in [-0.2, 0) is 11.3 Å². The summed E-state index contributed by atoms with van der Waals surface area (Å²) >= 11 is 1.41. The number of carbonyl (C=O) groups excluding carboxylic acids is 1. The summed E-state index contributed by atoms with van der Waals surface area (Å²) in [5, 5.41) is 12.5. The highest BCUT2D eigenvalue weighted by atomic mass is 32.2. The van der Waals surface area contributed by atoms with Crippen LogP contribution in [0, 0.1) is 5.92 Å². The molecular weight excluding hydrogens is 346 g/mol. The van der Waals surface area contributed by atoms with Gasteiger partial charge in [0, 0.05) is 30.5 Å². The average molecular weight is 372 g/mol. The number of hydrogen-bond acceptors (Lipinski definition) is 5. The monoisotopic (exact) mass is 371 g/mol. The third kappa shape index (κ3) is 4.52. The van der Waals surface area contributed by atoms with Crippen molar-refractivity contribution in [1.29, 1.82) is 0 Å². The van der Waals surface area contributed by atoms with E-state index in [1.165, 1.54) is 31.0 Å². The van der Waals surface area contributed by atoms with Crippen molar-refractivity contribution >= 4 is 17.7 Å². The predicted octanol–water partition coefficient (Wildman–Crippen LogP) is 3.31. The van der Waals surface area contributed by atoms with Crippen LogP contribution < -0.4 is 5.32 Å². The van der Waals surface area contributed by atoms with Gasteiger partial charge in [0.25, 0.3) is 0 Å². The Morgan fingerprint density at radius 2 is 2.12 bits per heavy atom. The first-order chi connectivity index (χ1) is 12.7. The summed E-state index contributed by atoms with van der Waals surface area (Å²) in [4.78, 5) is 16.4. The Bertz CT molecular complexity index is 746. The van der Waals surface area contributed by atoms with Gasteiger partial charge in [0.1, 0.15) is 0 Å². The van der Waals surface area contributed by atoms with E-state index in [4.69, 9.17) is 0 Å². The highest BCUT2D eigenvalue weighted by Gasteiger charge is 2.23. The maximum absolute atomic E-state index is 12.4. The minimum absolute atomic E-state index is 0.0624. The summed E-state index contributed by atoms with van der Waals surface area (Å²) in [6, 6.07) is 4.10. The Hall–Kier alpha value is -2.15. The van der Waals surface area contributed by atoms with E-state index in [1.807, 2.05) is 22.8 Å². The van der Waals surface area contributed by atoms with Gasteiger partial charge in [0.2, 0.25) is 5.91 Å². The van der Waals surface area contributed by atoms with Crippen LogP contribution in [0.25, 0.3) is 11.4 Å². The van der Waals surface area contributed by atoms with E-state index in [0.717, 1.165) is 23.0 Å². The van der Waals surface area contributed by atoms with Crippen LogP contribution in [-0.4, -0.2) is 37.5 Å². The highest BCUT2D eigenvalue weighted by molar-refractivity contribution is 7.99. The van der Waals surface area contributed by atoms with Gasteiger partial charge in [-0.1, -0.05) is 37.6 Å². The van der Waals surface area contributed by atoms with Crippen molar-refractivity contribution in [3.63, 3.8) is 0 Å². The molecule has 0 saturated heterocycles. The lowest BCUT2D eigenvalue weighted by atomic mass is 9.86. The molecule has 2 heterocycles. The van der Waals surface area contributed by atoms with Crippen LogP contribution in [0.5, 0.6) is 0 Å². The van der Waals surface area contributed by atoms with Crippen molar-refractivity contribution in [2.75, 3.05) is 5.75 Å². The molecule has 138 valence electrons. The lowest BCUT2D eigenvalue weighted by molar-refractivity contribution is -0.119. The molecule has 1 fully saturated rings. The Morgan fingerprint density at radius 1 is 1.35 bits per heavy atom. The topological polar surface area (TPSA) is 72.7 Å². The van der Waals surface area contributed by atoms with E-state index in [2.05, 4.69) is 34.0 Å². The molecule has 0 aliphatic heterocycles. The molecule has 2 aromatic heterocycles. The number of nitrogens with one attached hydrogen (secondary N) is 1. The second-order valence-corrected chi connectivity index (χ2v) is 7.61. The molecule has 6 nitrogen and oxygen atoms in total. The number of nitrogens with zero attached hydrogens (tertiary/aromatic N) is 4. The molecule has 2 aromatic rings. The molecular formula is C19H25N5OS. The average Bonchev–Trinajstić information content (AvgIpc) is 3.06. The van der Waals surface area contributed by atoms with Crippen molar-refractivity contribution < 1.29 is 4.79 Å². The van der Waals surface area contributed by atoms with Crippen molar-refractivity contribution in [2.45, 2.75) is 50.4 Å². The number of aromatic nitrogens is 4. The van der Waals surface area contributed by atoms with Crippen LogP contribution in [0.4, 0.5) is 0 Å². The minimum Gasteiger partial charge on any atom is -0.352 e. The first-order valence-corrected chi connectivity index (χ1v) is 10.0. The summed E-state index contributed by atoms with van der Waals surface area (Å²) in [7, 11) is 0. The smallest absolute Gasteiger partial charge is 0.230 e. The molecule has 7 heteroatoms. The van der Waals surface area contributed by atoms with Crippen LogP contribution in [0.15, 0.2) is 42.3 Å². The van der Waals surface area contributed by atoms with E-state index in [1.54, 1.807) is 12.4 Å². The van der Waals surface area contributed by atoms with Gasteiger partial charge in [-0.15, -0.1) is 16.8 Å². The van der Waals surface area contributed by atoms with Gasteiger partial charge in [0.15, 0.2) is 11.0 Å². The maximum atomic E-state index is 12.4. The summed E-state index contributed by atoms with van der Waals surface area (Å²) in [5.41, 5.74) is 0.946. The maximum Gasteiger partial charge on any atom is 0.230 e. The number of hydrogen-bond donors (Lipinski definition) is 1. The highest BCUT2D eigenvalue weighted by Crippen LogP contribution is 2.25. The molecule has 0 unspecified atom stereocenters. The Labute approximate surface area is 158 Å². The Kier molecular flexibility index (Phi) is 6.44. The molecule has 1 N–H and O–H groups in total. The normalized spacial score (nSPS) is 19.9. The van der Waals surface area contributed by atoms with Gasteiger partial charge in [-0.05, 0) is 30.9 Å². The standard InChI is InChI=1S/C19H25N5OS/c1-3-12-24-18(15-8-10-20-11-9-15)22-23-19(24)26-13-17(25)21-16-7-5-4-6-14(16)2/h3,8-11,14,16H,1,4-7,12-13H2,2H3,(H,21,25)/t14-,16+/m0/s1. The number of pyridine rings is 1. The third-order valence-corrected chi connectivity index (χ3v) is 5.72. The van der Waals surface area contributed by atoms with Crippen molar-refractivity contribution in [3.8, 4) is 11.4 Å². The first kappa shape index (κ1) is 18.6. The van der Waals surface area contributed by atoms with Crippen molar-refractivity contribution in [1.82, 2.24) is 25.1 Å². The molecule has 26 heavy (non-hydrogen) atoms. The Morgan fingerprint density at radius 3 is 2.85 bits per heavy atom. The van der Waals surface area contributed by atoms with Crippen LogP contribution in [0.2, 0.25) is 0 Å². The minimum atomic E-state index is 0.0624. The zero-order chi connectivity index (χ0) is 18.4. The summed E-state index contributed by atoms with van der Waals surface area (Å²) in [6.07, 6.45) is 10.0. The lowest BCUT2D eigenvalue weighted by Gasteiger charge is -2.29. The third-order valence-electron chi connectivity index (χ3n) is 4.76. The van der Waals surface area contributed by atoms with Gasteiger partial charge in [-0.25, -0.2) is 0 Å². The van der Waals surface area contributed by atoms with E-state index in [-0.39, 0.29) is 5.91 Å². The fraction of sp³-hybridized carbons (Fsp3) is 0.474. The van der Waals surface area contributed by atoms with E-state index >= 15 is 0 Å². The van der Waals surface area contributed by atoms with Gasteiger partial charge >= 0.3 is 0 Å². The fourth-order valence-corrected chi connectivity index (χ4v) is 4.07. The van der Waals surface area contributed by atoms with Crippen molar-refractivity contribution in [2.24, 2.45) is 5.92 Å². The van der Waals surface area contributed by atoms with Crippen LogP contribution in [0.3, 0.4) is 0 Å². The second kappa shape index (κ2) is 8.98. The molecule has 1 aliphatic carbocycles. The number of thioether (sulfide) groups is 1. The van der Waals surface area contributed by atoms with E-state index < -0.39 is 0 Å². The fourth-order valence-electron chi connectivity index (χ4n) is 3.31. The van der Waals surface area contributed by atoms with Gasteiger partial charge in [-0.2, -0.15) is 0 Å². The van der Waals surface area contributed by atoms with E-state index in [0.29, 0.717) is 24.3 Å². The number of rotatable bonds is 7. The molecule has 1 aliphatic rings. The molecule has 0 spiro atoms. The predicted molar refractivity (Wildman–Crippen MR) is 104 cm³/mol. The van der Waals surface area contributed by atoms with Crippen LogP contribution >= 0.6 is 11.8 Å². The van der Waals surface area contributed by atoms with Crippen LogP contribution in [0.1, 0.15) is 32.6 Å². The molecule has 1 saturated carbocycles. The van der Waals surface area contributed by atoms with Gasteiger partial charge in [0.05, 0.1) is 5.75 Å². The largest absolute Gasteiger partial charge is 0.352 e. The molecule has 0 aromatic carbocycles. The van der Waals surface area contributed by atoms with Crippen molar-refractivity contribution in [3.05, 3.63) is 37.2 Å². The summed E-state index contributed by atoms with van der Waals surface area (Å²) in [6.45, 7) is 6.63. The first-order valence-electron chi connectivity index (χ1n) is 9.05. The molecule has 3 rings (SSSR count). The molecule has 0 radical (unpaired) electrons. The molecule has 1 amide bonds. The Balaban J connectivity index is 1.65. The quantitative estimate of drug-likeness (QED) is 0.597. The number of allylic oxidation sites excluding steroid dienone is 1. The lowest BCUT2D eigenvalue weighted by Crippen LogP contribution is -2.41. The summed E-state index contributed by atoms with van der Waals surface area (Å²) in [5.74, 6) is 1.72. The summed E-state index contributed by atoms with van der Waals surface area (Å²) < 4.78 is 1.98. The zero-order valence-electron chi connectivity index (χ0n) is 15.1. The van der Waals surface area contributed by atoms with Gasteiger partial charge in [-0.3, -0.25) is 14.3 Å². The number of amides is 1.